The highest BCUT2D eigenvalue weighted by molar-refractivity contribution is 5.81. The van der Waals surface area contributed by atoms with Crippen molar-refractivity contribution in [3.8, 4) is 0 Å². The maximum atomic E-state index is 12.1. The van der Waals surface area contributed by atoms with Crippen LogP contribution in [0.5, 0.6) is 0 Å². The van der Waals surface area contributed by atoms with Crippen LogP contribution in [-0.2, 0) is 17.8 Å². The molecule has 0 bridgehead atoms. The van der Waals surface area contributed by atoms with Gasteiger partial charge in [0.15, 0.2) is 5.82 Å². The van der Waals surface area contributed by atoms with Crippen molar-refractivity contribution < 1.29 is 9.32 Å². The minimum absolute atomic E-state index is 0.0437. The van der Waals surface area contributed by atoms with E-state index in [0.29, 0.717) is 18.5 Å². The molecule has 1 aliphatic heterocycles. The van der Waals surface area contributed by atoms with E-state index >= 15 is 0 Å². The van der Waals surface area contributed by atoms with E-state index in [1.807, 2.05) is 13.8 Å². The molecule has 1 N–H and O–H groups in total. The number of nitrogens with zero attached hydrogens (tertiary/aromatic N) is 4. The molecule has 1 aliphatic carbocycles. The SMILES string of the molecule is CCc1noc(CN2CCN(C(C)C(=O)NC3CC3)CC2)n1. The van der Waals surface area contributed by atoms with E-state index in [-0.39, 0.29) is 11.9 Å². The number of hydrogen-bond donors (Lipinski definition) is 1. The van der Waals surface area contributed by atoms with Crippen molar-refractivity contribution in [3.05, 3.63) is 11.7 Å². The van der Waals surface area contributed by atoms with Crippen LogP contribution in [0.2, 0.25) is 0 Å². The van der Waals surface area contributed by atoms with Crippen LogP contribution in [-0.4, -0.2) is 64.1 Å². The molecule has 7 nitrogen and oxygen atoms in total. The average molecular weight is 307 g/mol. The molecule has 22 heavy (non-hydrogen) atoms. The smallest absolute Gasteiger partial charge is 0.240 e. The van der Waals surface area contributed by atoms with Gasteiger partial charge in [0.2, 0.25) is 11.8 Å². The molecule has 1 aromatic heterocycles. The fraction of sp³-hybridized carbons (Fsp3) is 0.800. The van der Waals surface area contributed by atoms with Crippen molar-refractivity contribution >= 4 is 5.91 Å². The summed E-state index contributed by atoms with van der Waals surface area (Å²) < 4.78 is 5.24. The van der Waals surface area contributed by atoms with Gasteiger partial charge in [0.05, 0.1) is 12.6 Å². The topological polar surface area (TPSA) is 74.5 Å². The van der Waals surface area contributed by atoms with Crippen molar-refractivity contribution in [1.82, 2.24) is 25.3 Å². The van der Waals surface area contributed by atoms with Crippen LogP contribution in [0.3, 0.4) is 0 Å². The first kappa shape index (κ1) is 15.4. The van der Waals surface area contributed by atoms with Gasteiger partial charge in [0.25, 0.3) is 0 Å². The lowest BCUT2D eigenvalue weighted by Gasteiger charge is -2.36. The van der Waals surface area contributed by atoms with Crippen LogP contribution in [0.25, 0.3) is 0 Å². The quantitative estimate of drug-likeness (QED) is 0.821. The van der Waals surface area contributed by atoms with Crippen molar-refractivity contribution in [2.75, 3.05) is 26.2 Å². The summed E-state index contributed by atoms with van der Waals surface area (Å²) in [7, 11) is 0. The number of nitrogens with one attached hydrogen (secondary N) is 1. The zero-order chi connectivity index (χ0) is 15.5. The summed E-state index contributed by atoms with van der Waals surface area (Å²) in [6.45, 7) is 8.35. The van der Waals surface area contributed by atoms with Gasteiger partial charge in [0.1, 0.15) is 0 Å². The first-order valence-corrected chi connectivity index (χ1v) is 8.24. The van der Waals surface area contributed by atoms with Gasteiger partial charge < -0.3 is 9.84 Å². The Balaban J connectivity index is 1.44. The standard InChI is InChI=1S/C15H25N5O2/c1-3-13-17-14(22-18-13)10-19-6-8-20(9-7-19)11(2)15(21)16-12-4-5-12/h11-12H,3-10H2,1-2H3,(H,16,21). The lowest BCUT2D eigenvalue weighted by Crippen LogP contribution is -2.53. The Morgan fingerprint density at radius 1 is 1.36 bits per heavy atom. The summed E-state index contributed by atoms with van der Waals surface area (Å²) in [5.74, 6) is 1.62. The number of aryl methyl sites for hydroxylation is 1. The Morgan fingerprint density at radius 2 is 2.09 bits per heavy atom. The van der Waals surface area contributed by atoms with Gasteiger partial charge in [0, 0.05) is 38.6 Å². The molecule has 1 saturated heterocycles. The second-order valence-electron chi connectivity index (χ2n) is 6.23. The highest BCUT2D eigenvalue weighted by atomic mass is 16.5. The van der Waals surface area contributed by atoms with E-state index in [1.54, 1.807) is 0 Å². The predicted octanol–water partition coefficient (Wildman–Crippen LogP) is 0.417. The summed E-state index contributed by atoms with van der Waals surface area (Å²) in [6, 6.07) is 0.388. The number of amides is 1. The van der Waals surface area contributed by atoms with E-state index in [0.717, 1.165) is 51.3 Å². The van der Waals surface area contributed by atoms with Crippen molar-refractivity contribution in [2.24, 2.45) is 0 Å². The lowest BCUT2D eigenvalue weighted by molar-refractivity contribution is -0.126. The van der Waals surface area contributed by atoms with Gasteiger partial charge in [-0.1, -0.05) is 12.1 Å². The minimum Gasteiger partial charge on any atom is -0.352 e. The molecule has 0 aromatic carbocycles. The summed E-state index contributed by atoms with van der Waals surface area (Å²) in [4.78, 5) is 21.0. The molecule has 0 radical (unpaired) electrons. The molecule has 7 heteroatoms. The minimum atomic E-state index is -0.0437. The fourth-order valence-corrected chi connectivity index (χ4v) is 2.71. The fourth-order valence-electron chi connectivity index (χ4n) is 2.71. The first-order chi connectivity index (χ1) is 10.7. The molecular weight excluding hydrogens is 282 g/mol. The summed E-state index contributed by atoms with van der Waals surface area (Å²) in [6.07, 6.45) is 3.07. The van der Waals surface area contributed by atoms with Gasteiger partial charge in [-0.05, 0) is 19.8 Å². The molecular formula is C15H25N5O2. The Kier molecular flexibility index (Phi) is 4.73. The van der Waals surface area contributed by atoms with E-state index in [4.69, 9.17) is 4.52 Å². The maximum Gasteiger partial charge on any atom is 0.240 e. The Hall–Kier alpha value is -1.47. The van der Waals surface area contributed by atoms with Crippen molar-refractivity contribution in [3.63, 3.8) is 0 Å². The number of rotatable bonds is 6. The van der Waals surface area contributed by atoms with Crippen molar-refractivity contribution in [2.45, 2.75) is 51.7 Å². The van der Waals surface area contributed by atoms with Gasteiger partial charge in [-0.25, -0.2) is 0 Å². The van der Waals surface area contributed by atoms with Gasteiger partial charge in [-0.2, -0.15) is 4.98 Å². The first-order valence-electron chi connectivity index (χ1n) is 8.24. The van der Waals surface area contributed by atoms with Crippen LogP contribution in [0.4, 0.5) is 0 Å². The normalized spacial score (nSPS) is 21.7. The largest absolute Gasteiger partial charge is 0.352 e. The molecule has 122 valence electrons. The van der Waals surface area contributed by atoms with Crippen LogP contribution in [0, 0.1) is 0 Å². The van der Waals surface area contributed by atoms with Gasteiger partial charge in [-0.15, -0.1) is 0 Å². The van der Waals surface area contributed by atoms with Gasteiger partial charge >= 0.3 is 0 Å². The van der Waals surface area contributed by atoms with E-state index in [2.05, 4.69) is 25.3 Å². The maximum absolute atomic E-state index is 12.1. The molecule has 1 amide bonds. The molecule has 1 unspecified atom stereocenters. The molecule has 1 aromatic rings. The van der Waals surface area contributed by atoms with Crippen LogP contribution >= 0.6 is 0 Å². The number of aromatic nitrogens is 2. The number of hydrogen-bond acceptors (Lipinski definition) is 6. The van der Waals surface area contributed by atoms with Crippen LogP contribution in [0.1, 0.15) is 38.4 Å². The third kappa shape index (κ3) is 3.84. The molecule has 0 spiro atoms. The van der Waals surface area contributed by atoms with Crippen LogP contribution < -0.4 is 5.32 Å². The van der Waals surface area contributed by atoms with Crippen LogP contribution in [0.15, 0.2) is 4.52 Å². The van der Waals surface area contributed by atoms with E-state index < -0.39 is 0 Å². The van der Waals surface area contributed by atoms with E-state index in [9.17, 15) is 4.79 Å². The zero-order valence-electron chi connectivity index (χ0n) is 13.4. The monoisotopic (exact) mass is 307 g/mol. The third-order valence-corrected chi connectivity index (χ3v) is 4.44. The molecule has 2 aliphatic rings. The lowest BCUT2D eigenvalue weighted by atomic mass is 10.2. The zero-order valence-corrected chi connectivity index (χ0v) is 13.4. The second-order valence-corrected chi connectivity index (χ2v) is 6.23. The number of carbonyl (C=O) groups excluding carboxylic acids is 1. The molecule has 1 saturated carbocycles. The molecule has 2 fully saturated rings. The molecule has 3 rings (SSSR count). The molecule has 2 heterocycles. The Bertz CT molecular complexity index is 506. The summed E-state index contributed by atoms with van der Waals surface area (Å²) in [5.41, 5.74) is 0. The summed E-state index contributed by atoms with van der Waals surface area (Å²) in [5, 5.41) is 7.01. The average Bonchev–Trinajstić information content (AvgIpc) is 3.23. The number of carbonyl (C=O) groups is 1. The highest BCUT2D eigenvalue weighted by Gasteiger charge is 2.30. The van der Waals surface area contributed by atoms with E-state index in [1.165, 1.54) is 0 Å². The Labute approximate surface area is 131 Å². The van der Waals surface area contributed by atoms with Gasteiger partial charge in [-0.3, -0.25) is 14.6 Å². The molecule has 1 atom stereocenters. The summed E-state index contributed by atoms with van der Waals surface area (Å²) >= 11 is 0. The second kappa shape index (κ2) is 6.75. The number of piperazine rings is 1. The predicted molar refractivity (Wildman–Crippen MR) is 81.2 cm³/mol. The Morgan fingerprint density at radius 3 is 2.68 bits per heavy atom. The van der Waals surface area contributed by atoms with Crippen molar-refractivity contribution in [1.29, 1.82) is 0 Å². The highest BCUT2D eigenvalue weighted by Crippen LogP contribution is 2.19. The third-order valence-electron chi connectivity index (χ3n) is 4.44.